The summed E-state index contributed by atoms with van der Waals surface area (Å²) < 4.78 is 0. The number of carbonyl (C=O) groups is 1. The SMILES string of the molecule is CC(C)c1ccc(CN2C(=O)CCc3cc([N+](=O)[O-])ccc32)cc1. The number of amides is 1. The molecule has 5 nitrogen and oxygen atoms in total. The summed E-state index contributed by atoms with van der Waals surface area (Å²) in [4.78, 5) is 24.6. The third kappa shape index (κ3) is 3.15. The molecule has 0 saturated heterocycles. The van der Waals surface area contributed by atoms with Crippen molar-refractivity contribution in [1.29, 1.82) is 0 Å². The van der Waals surface area contributed by atoms with E-state index in [1.54, 1.807) is 17.0 Å². The quantitative estimate of drug-likeness (QED) is 0.625. The Balaban J connectivity index is 1.88. The number of fused-ring (bicyclic) bond motifs is 1. The van der Waals surface area contributed by atoms with Crippen LogP contribution in [0.15, 0.2) is 42.5 Å². The molecule has 0 aromatic heterocycles. The first-order chi connectivity index (χ1) is 11.5. The molecule has 0 bridgehead atoms. The predicted octanol–water partition coefficient (Wildman–Crippen LogP) is 4.20. The molecule has 0 N–H and O–H groups in total. The number of hydrogen-bond donors (Lipinski definition) is 0. The Labute approximate surface area is 141 Å². The summed E-state index contributed by atoms with van der Waals surface area (Å²) >= 11 is 0. The van der Waals surface area contributed by atoms with E-state index in [4.69, 9.17) is 0 Å². The van der Waals surface area contributed by atoms with E-state index < -0.39 is 4.92 Å². The van der Waals surface area contributed by atoms with E-state index in [1.165, 1.54) is 11.6 Å². The van der Waals surface area contributed by atoms with E-state index in [1.807, 2.05) is 12.1 Å². The first kappa shape index (κ1) is 16.2. The van der Waals surface area contributed by atoms with E-state index in [2.05, 4.69) is 26.0 Å². The van der Waals surface area contributed by atoms with E-state index in [9.17, 15) is 14.9 Å². The number of nitro groups is 1. The molecule has 0 radical (unpaired) electrons. The van der Waals surface area contributed by atoms with Crippen LogP contribution in [-0.2, 0) is 17.8 Å². The maximum Gasteiger partial charge on any atom is 0.269 e. The lowest BCUT2D eigenvalue weighted by Crippen LogP contribution is -2.34. The summed E-state index contributed by atoms with van der Waals surface area (Å²) in [5.74, 6) is 0.529. The van der Waals surface area contributed by atoms with Gasteiger partial charge in [-0.3, -0.25) is 14.9 Å². The number of rotatable bonds is 4. The summed E-state index contributed by atoms with van der Waals surface area (Å²) in [6.45, 7) is 4.78. The molecule has 124 valence electrons. The van der Waals surface area contributed by atoms with Crippen molar-refractivity contribution >= 4 is 17.3 Å². The van der Waals surface area contributed by atoms with Gasteiger partial charge in [0, 0.05) is 24.2 Å². The van der Waals surface area contributed by atoms with Gasteiger partial charge in [-0.2, -0.15) is 0 Å². The maximum absolute atomic E-state index is 12.3. The minimum atomic E-state index is -0.397. The predicted molar refractivity (Wildman–Crippen MR) is 93.1 cm³/mol. The van der Waals surface area contributed by atoms with Crippen LogP contribution in [0.4, 0.5) is 11.4 Å². The monoisotopic (exact) mass is 324 g/mol. The standard InChI is InChI=1S/C19H20N2O3/c1-13(2)15-5-3-14(4-6-15)12-20-18-9-8-17(21(23)24)11-16(18)7-10-19(20)22/h3-6,8-9,11,13H,7,10,12H2,1-2H3. The van der Waals surface area contributed by atoms with Crippen molar-refractivity contribution in [2.24, 2.45) is 0 Å². The second kappa shape index (κ2) is 6.43. The molecule has 24 heavy (non-hydrogen) atoms. The largest absolute Gasteiger partial charge is 0.308 e. The number of benzene rings is 2. The van der Waals surface area contributed by atoms with E-state index >= 15 is 0 Å². The lowest BCUT2D eigenvalue weighted by Gasteiger charge is -2.29. The molecule has 0 fully saturated rings. The van der Waals surface area contributed by atoms with Crippen LogP contribution in [0.25, 0.3) is 0 Å². The van der Waals surface area contributed by atoms with E-state index in [-0.39, 0.29) is 11.6 Å². The molecule has 2 aromatic carbocycles. The molecule has 1 aliphatic heterocycles. The summed E-state index contributed by atoms with van der Waals surface area (Å²) in [5, 5.41) is 10.9. The summed E-state index contributed by atoms with van der Waals surface area (Å²) in [7, 11) is 0. The minimum Gasteiger partial charge on any atom is -0.308 e. The number of carbonyl (C=O) groups excluding carboxylic acids is 1. The second-order valence-electron chi connectivity index (χ2n) is 6.45. The van der Waals surface area contributed by atoms with Crippen LogP contribution < -0.4 is 4.90 Å². The van der Waals surface area contributed by atoms with Gasteiger partial charge in [-0.1, -0.05) is 38.1 Å². The van der Waals surface area contributed by atoms with Gasteiger partial charge in [0.25, 0.3) is 5.69 Å². The molecule has 5 heteroatoms. The van der Waals surface area contributed by atoms with Gasteiger partial charge in [0.1, 0.15) is 0 Å². The highest BCUT2D eigenvalue weighted by molar-refractivity contribution is 5.96. The number of hydrogen-bond acceptors (Lipinski definition) is 3. The van der Waals surface area contributed by atoms with Crippen molar-refractivity contribution in [2.45, 2.75) is 39.2 Å². The number of nitrogens with zero attached hydrogens (tertiary/aromatic N) is 2. The topological polar surface area (TPSA) is 63.5 Å². The Hall–Kier alpha value is -2.69. The number of nitro benzene ring substituents is 1. The Morgan fingerprint density at radius 2 is 1.83 bits per heavy atom. The lowest BCUT2D eigenvalue weighted by molar-refractivity contribution is -0.384. The molecule has 0 aliphatic carbocycles. The molecule has 0 unspecified atom stereocenters. The van der Waals surface area contributed by atoms with Gasteiger partial charge in [-0.05, 0) is 35.1 Å². The number of aryl methyl sites for hydroxylation is 1. The average Bonchev–Trinajstić information content (AvgIpc) is 2.57. The van der Waals surface area contributed by atoms with Gasteiger partial charge in [0.2, 0.25) is 5.91 Å². The molecule has 0 saturated carbocycles. The van der Waals surface area contributed by atoms with Gasteiger partial charge in [-0.25, -0.2) is 0 Å². The van der Waals surface area contributed by atoms with Crippen LogP contribution in [0, 0.1) is 10.1 Å². The highest BCUT2D eigenvalue weighted by atomic mass is 16.6. The molecular weight excluding hydrogens is 304 g/mol. The van der Waals surface area contributed by atoms with Crippen LogP contribution in [0.1, 0.15) is 42.9 Å². The van der Waals surface area contributed by atoms with Gasteiger partial charge in [-0.15, -0.1) is 0 Å². The normalized spacial score (nSPS) is 14.0. The fourth-order valence-electron chi connectivity index (χ4n) is 3.02. The summed E-state index contributed by atoms with van der Waals surface area (Å²) in [6.07, 6.45) is 0.941. The van der Waals surface area contributed by atoms with Crippen molar-refractivity contribution in [1.82, 2.24) is 0 Å². The van der Waals surface area contributed by atoms with Crippen LogP contribution in [0.5, 0.6) is 0 Å². The third-order valence-corrected chi connectivity index (χ3v) is 4.46. The molecule has 0 spiro atoms. The van der Waals surface area contributed by atoms with Crippen molar-refractivity contribution in [3.8, 4) is 0 Å². The minimum absolute atomic E-state index is 0.0595. The molecule has 1 amide bonds. The first-order valence-electron chi connectivity index (χ1n) is 8.12. The smallest absolute Gasteiger partial charge is 0.269 e. The highest BCUT2D eigenvalue weighted by Gasteiger charge is 2.25. The third-order valence-electron chi connectivity index (χ3n) is 4.46. The molecule has 0 atom stereocenters. The maximum atomic E-state index is 12.3. The fraction of sp³-hybridized carbons (Fsp3) is 0.316. The van der Waals surface area contributed by atoms with Crippen LogP contribution in [-0.4, -0.2) is 10.8 Å². The van der Waals surface area contributed by atoms with E-state index in [0.717, 1.165) is 16.8 Å². The Morgan fingerprint density at radius 1 is 1.12 bits per heavy atom. The summed E-state index contributed by atoms with van der Waals surface area (Å²) in [5.41, 5.74) is 4.04. The first-order valence-corrected chi connectivity index (χ1v) is 8.12. The van der Waals surface area contributed by atoms with Crippen molar-refractivity contribution in [2.75, 3.05) is 4.90 Å². The average molecular weight is 324 g/mol. The van der Waals surface area contributed by atoms with Crippen LogP contribution in [0.2, 0.25) is 0 Å². The Morgan fingerprint density at radius 3 is 2.46 bits per heavy atom. The van der Waals surface area contributed by atoms with Crippen LogP contribution in [0.3, 0.4) is 0 Å². The molecular formula is C19H20N2O3. The van der Waals surface area contributed by atoms with Gasteiger partial charge in [0.05, 0.1) is 11.5 Å². The fourth-order valence-corrected chi connectivity index (χ4v) is 3.02. The molecule has 1 heterocycles. The Bertz CT molecular complexity index is 782. The zero-order chi connectivity index (χ0) is 17.3. The lowest BCUT2D eigenvalue weighted by atomic mass is 9.98. The van der Waals surface area contributed by atoms with Gasteiger partial charge >= 0.3 is 0 Å². The van der Waals surface area contributed by atoms with Crippen molar-refractivity contribution in [3.05, 3.63) is 69.3 Å². The van der Waals surface area contributed by atoms with Crippen molar-refractivity contribution in [3.63, 3.8) is 0 Å². The van der Waals surface area contributed by atoms with Crippen LogP contribution >= 0.6 is 0 Å². The number of non-ortho nitro benzene ring substituents is 1. The van der Waals surface area contributed by atoms with Gasteiger partial charge in [0.15, 0.2) is 0 Å². The van der Waals surface area contributed by atoms with Gasteiger partial charge < -0.3 is 4.90 Å². The molecule has 2 aromatic rings. The zero-order valence-electron chi connectivity index (χ0n) is 13.9. The molecule has 3 rings (SSSR count). The molecule has 1 aliphatic rings. The zero-order valence-corrected chi connectivity index (χ0v) is 13.9. The number of anilines is 1. The Kier molecular flexibility index (Phi) is 4.34. The van der Waals surface area contributed by atoms with E-state index in [0.29, 0.717) is 25.3 Å². The highest BCUT2D eigenvalue weighted by Crippen LogP contribution is 2.32. The van der Waals surface area contributed by atoms with Crippen molar-refractivity contribution < 1.29 is 9.72 Å². The second-order valence-corrected chi connectivity index (χ2v) is 6.45. The summed E-state index contributed by atoms with van der Waals surface area (Å²) in [6, 6.07) is 13.0.